The van der Waals surface area contributed by atoms with E-state index in [1.807, 2.05) is 36.4 Å². The standard InChI is InChI=1S/C17H16BrClO2/c18-15-9-12(10-19)5-6-17(15)21-11-13-7-8-20-16-4-2-1-3-14(13)16/h1-6,9,13H,7-8,10-11H2. The minimum Gasteiger partial charge on any atom is -0.493 e. The van der Waals surface area contributed by atoms with Crippen LogP contribution >= 0.6 is 27.5 Å². The predicted octanol–water partition coefficient (Wildman–Crippen LogP) is 5.13. The lowest BCUT2D eigenvalue weighted by Gasteiger charge is -2.26. The van der Waals surface area contributed by atoms with E-state index in [1.54, 1.807) is 0 Å². The van der Waals surface area contributed by atoms with E-state index in [9.17, 15) is 0 Å². The molecule has 2 aromatic rings. The van der Waals surface area contributed by atoms with Gasteiger partial charge in [-0.25, -0.2) is 0 Å². The van der Waals surface area contributed by atoms with Gasteiger partial charge in [0, 0.05) is 17.4 Å². The van der Waals surface area contributed by atoms with Crippen molar-refractivity contribution in [1.82, 2.24) is 0 Å². The maximum Gasteiger partial charge on any atom is 0.133 e. The SMILES string of the molecule is ClCc1ccc(OCC2CCOc3ccccc32)c(Br)c1. The van der Waals surface area contributed by atoms with Crippen LogP contribution in [0, 0.1) is 0 Å². The monoisotopic (exact) mass is 366 g/mol. The Morgan fingerprint density at radius 1 is 1.24 bits per heavy atom. The fourth-order valence-electron chi connectivity index (χ4n) is 2.52. The molecular weight excluding hydrogens is 352 g/mol. The molecule has 0 fully saturated rings. The van der Waals surface area contributed by atoms with Crippen molar-refractivity contribution in [1.29, 1.82) is 0 Å². The molecule has 0 N–H and O–H groups in total. The summed E-state index contributed by atoms with van der Waals surface area (Å²) in [5.74, 6) is 2.71. The zero-order chi connectivity index (χ0) is 14.7. The summed E-state index contributed by atoms with van der Waals surface area (Å²) in [4.78, 5) is 0. The molecule has 1 atom stereocenters. The summed E-state index contributed by atoms with van der Waals surface area (Å²) in [6.45, 7) is 1.40. The van der Waals surface area contributed by atoms with Gasteiger partial charge >= 0.3 is 0 Å². The van der Waals surface area contributed by atoms with Crippen molar-refractivity contribution in [2.24, 2.45) is 0 Å². The topological polar surface area (TPSA) is 18.5 Å². The van der Waals surface area contributed by atoms with Crippen LogP contribution < -0.4 is 9.47 Å². The molecule has 3 rings (SSSR count). The van der Waals surface area contributed by atoms with Crippen molar-refractivity contribution in [2.45, 2.75) is 18.2 Å². The molecule has 21 heavy (non-hydrogen) atoms. The van der Waals surface area contributed by atoms with E-state index in [-0.39, 0.29) is 0 Å². The number of alkyl halides is 1. The molecule has 0 amide bonds. The maximum atomic E-state index is 5.99. The number of ether oxygens (including phenoxy) is 2. The molecule has 1 aliphatic rings. The first-order valence-corrected chi connectivity index (χ1v) is 8.29. The average molecular weight is 368 g/mol. The second kappa shape index (κ2) is 6.71. The summed E-state index contributed by atoms with van der Waals surface area (Å²) in [5.41, 5.74) is 2.31. The summed E-state index contributed by atoms with van der Waals surface area (Å²) in [7, 11) is 0. The fraction of sp³-hybridized carbons (Fsp3) is 0.294. The van der Waals surface area contributed by atoms with Gasteiger partial charge in [0.2, 0.25) is 0 Å². The quantitative estimate of drug-likeness (QED) is 0.697. The minimum atomic E-state index is 0.370. The third-order valence-electron chi connectivity index (χ3n) is 3.67. The van der Waals surface area contributed by atoms with Crippen molar-refractivity contribution < 1.29 is 9.47 Å². The number of fused-ring (bicyclic) bond motifs is 1. The van der Waals surface area contributed by atoms with Gasteiger partial charge in [-0.05, 0) is 46.1 Å². The van der Waals surface area contributed by atoms with Gasteiger partial charge in [-0.2, -0.15) is 0 Å². The number of rotatable bonds is 4. The van der Waals surface area contributed by atoms with Gasteiger partial charge in [0.1, 0.15) is 11.5 Å². The van der Waals surface area contributed by atoms with Crippen molar-refractivity contribution in [3.63, 3.8) is 0 Å². The molecule has 2 nitrogen and oxygen atoms in total. The second-order valence-corrected chi connectivity index (χ2v) is 6.20. The first-order chi connectivity index (χ1) is 10.3. The Labute approximate surface area is 138 Å². The zero-order valence-electron chi connectivity index (χ0n) is 11.5. The Hall–Kier alpha value is -1.19. The van der Waals surface area contributed by atoms with E-state index in [1.165, 1.54) is 5.56 Å². The first kappa shape index (κ1) is 14.7. The summed E-state index contributed by atoms with van der Waals surface area (Å²) < 4.78 is 12.6. The Bertz CT molecular complexity index is 630. The van der Waals surface area contributed by atoms with Crippen LogP contribution in [0.2, 0.25) is 0 Å². The van der Waals surface area contributed by atoms with Gasteiger partial charge in [-0.3, -0.25) is 0 Å². The van der Waals surface area contributed by atoms with Crippen LogP contribution in [0.25, 0.3) is 0 Å². The van der Waals surface area contributed by atoms with Crippen molar-refractivity contribution in [2.75, 3.05) is 13.2 Å². The smallest absolute Gasteiger partial charge is 0.133 e. The largest absolute Gasteiger partial charge is 0.493 e. The lowest BCUT2D eigenvalue weighted by atomic mass is 9.94. The Morgan fingerprint density at radius 2 is 2.10 bits per heavy atom. The number of para-hydroxylation sites is 1. The van der Waals surface area contributed by atoms with Crippen LogP contribution in [0.3, 0.4) is 0 Å². The van der Waals surface area contributed by atoms with E-state index in [0.717, 1.165) is 34.6 Å². The number of benzene rings is 2. The Morgan fingerprint density at radius 3 is 2.90 bits per heavy atom. The van der Waals surface area contributed by atoms with Crippen molar-refractivity contribution in [3.8, 4) is 11.5 Å². The van der Waals surface area contributed by atoms with E-state index in [2.05, 4.69) is 22.0 Å². The zero-order valence-corrected chi connectivity index (χ0v) is 13.9. The van der Waals surface area contributed by atoms with E-state index in [0.29, 0.717) is 18.4 Å². The van der Waals surface area contributed by atoms with Crippen LogP contribution in [-0.4, -0.2) is 13.2 Å². The lowest BCUT2D eigenvalue weighted by Crippen LogP contribution is -2.19. The fourth-order valence-corrected chi connectivity index (χ4v) is 3.23. The van der Waals surface area contributed by atoms with Gasteiger partial charge in [0.05, 0.1) is 17.7 Å². The first-order valence-electron chi connectivity index (χ1n) is 6.97. The van der Waals surface area contributed by atoms with E-state index in [4.69, 9.17) is 21.1 Å². The average Bonchev–Trinajstić information content (AvgIpc) is 2.53. The highest BCUT2D eigenvalue weighted by Crippen LogP contribution is 2.34. The van der Waals surface area contributed by atoms with E-state index >= 15 is 0 Å². The lowest BCUT2D eigenvalue weighted by molar-refractivity contribution is 0.217. The van der Waals surface area contributed by atoms with Gasteiger partial charge in [0.25, 0.3) is 0 Å². The number of halogens is 2. The molecule has 1 unspecified atom stereocenters. The van der Waals surface area contributed by atoms with Gasteiger partial charge in [0.15, 0.2) is 0 Å². The van der Waals surface area contributed by atoms with Crippen molar-refractivity contribution in [3.05, 3.63) is 58.1 Å². The second-order valence-electron chi connectivity index (χ2n) is 5.08. The molecular formula is C17H16BrClO2. The van der Waals surface area contributed by atoms with E-state index < -0.39 is 0 Å². The van der Waals surface area contributed by atoms with Gasteiger partial charge < -0.3 is 9.47 Å². The molecule has 0 saturated carbocycles. The molecule has 1 heterocycles. The summed E-state index contributed by atoms with van der Waals surface area (Å²) >= 11 is 9.37. The van der Waals surface area contributed by atoms with Crippen LogP contribution in [-0.2, 0) is 5.88 Å². The molecule has 0 saturated heterocycles. The normalized spacial score (nSPS) is 17.0. The highest BCUT2D eigenvalue weighted by atomic mass is 79.9. The van der Waals surface area contributed by atoms with Gasteiger partial charge in [-0.1, -0.05) is 24.3 Å². The number of hydrogen-bond donors (Lipinski definition) is 0. The van der Waals surface area contributed by atoms with Crippen LogP contribution in [0.5, 0.6) is 11.5 Å². The molecule has 0 spiro atoms. The molecule has 0 bridgehead atoms. The highest BCUT2D eigenvalue weighted by Gasteiger charge is 2.21. The van der Waals surface area contributed by atoms with Crippen LogP contribution in [0.4, 0.5) is 0 Å². The summed E-state index contributed by atoms with van der Waals surface area (Å²) in [6.07, 6.45) is 0.981. The molecule has 0 aromatic heterocycles. The molecule has 0 aliphatic carbocycles. The molecule has 0 radical (unpaired) electrons. The Kier molecular flexibility index (Phi) is 4.71. The van der Waals surface area contributed by atoms with Crippen LogP contribution in [0.15, 0.2) is 46.9 Å². The minimum absolute atomic E-state index is 0.370. The maximum absolute atomic E-state index is 5.99. The number of hydrogen-bond acceptors (Lipinski definition) is 2. The Balaban J connectivity index is 1.71. The van der Waals surface area contributed by atoms with Crippen LogP contribution in [0.1, 0.15) is 23.5 Å². The van der Waals surface area contributed by atoms with Crippen molar-refractivity contribution >= 4 is 27.5 Å². The van der Waals surface area contributed by atoms with Gasteiger partial charge in [-0.15, -0.1) is 11.6 Å². The molecule has 4 heteroatoms. The molecule has 110 valence electrons. The summed E-state index contributed by atoms with van der Waals surface area (Å²) in [6, 6.07) is 14.1. The highest BCUT2D eigenvalue weighted by molar-refractivity contribution is 9.10. The summed E-state index contributed by atoms with van der Waals surface area (Å²) in [5, 5.41) is 0. The third kappa shape index (κ3) is 3.35. The molecule has 2 aromatic carbocycles. The molecule has 1 aliphatic heterocycles. The third-order valence-corrected chi connectivity index (χ3v) is 4.60. The predicted molar refractivity (Wildman–Crippen MR) is 88.5 cm³/mol.